The molecule has 2 aromatic carbocycles. The average Bonchev–Trinajstić information content (AvgIpc) is 3.29. The van der Waals surface area contributed by atoms with Gasteiger partial charge in [-0.3, -0.25) is 4.79 Å². The summed E-state index contributed by atoms with van der Waals surface area (Å²) in [5.41, 5.74) is 2.00. The van der Waals surface area contributed by atoms with Gasteiger partial charge in [0.2, 0.25) is 15.9 Å². The van der Waals surface area contributed by atoms with Gasteiger partial charge >= 0.3 is 0 Å². The van der Waals surface area contributed by atoms with Crippen molar-refractivity contribution in [3.63, 3.8) is 0 Å². The highest BCUT2D eigenvalue weighted by atomic mass is 32.2. The predicted molar refractivity (Wildman–Crippen MR) is 123 cm³/mol. The highest BCUT2D eigenvalue weighted by Crippen LogP contribution is 2.31. The Morgan fingerprint density at radius 2 is 1.62 bits per heavy atom. The number of carbonyl (C=O) groups excluding carboxylic acids is 1. The van der Waals surface area contributed by atoms with E-state index in [1.807, 2.05) is 29.2 Å². The Labute approximate surface area is 188 Å². The molecule has 8 heteroatoms. The van der Waals surface area contributed by atoms with Crippen LogP contribution in [-0.2, 0) is 14.8 Å². The molecule has 3 aromatic rings. The van der Waals surface area contributed by atoms with Gasteiger partial charge in [-0.2, -0.15) is 4.31 Å². The van der Waals surface area contributed by atoms with Crippen LogP contribution in [0.2, 0.25) is 0 Å². The number of aromatic nitrogens is 2. The highest BCUT2D eigenvalue weighted by molar-refractivity contribution is 7.89. The number of nitrogens with one attached hydrogen (secondary N) is 1. The van der Waals surface area contributed by atoms with Crippen molar-refractivity contribution in [2.24, 2.45) is 0 Å². The van der Waals surface area contributed by atoms with Crippen molar-refractivity contribution in [3.8, 4) is 0 Å². The van der Waals surface area contributed by atoms with Crippen LogP contribution < -0.4 is 0 Å². The molecule has 168 valence electrons. The molecule has 0 radical (unpaired) electrons. The molecule has 2 aliphatic heterocycles. The third-order valence-electron chi connectivity index (χ3n) is 6.69. The van der Waals surface area contributed by atoms with E-state index in [-0.39, 0.29) is 16.7 Å². The molecule has 1 aromatic heterocycles. The van der Waals surface area contributed by atoms with Crippen molar-refractivity contribution in [3.05, 3.63) is 60.4 Å². The molecule has 1 atom stereocenters. The largest absolute Gasteiger partial charge is 0.342 e. The number of hydrogen-bond acceptors (Lipinski definition) is 4. The van der Waals surface area contributed by atoms with Crippen LogP contribution in [-0.4, -0.2) is 59.2 Å². The molecule has 0 saturated carbocycles. The second kappa shape index (κ2) is 8.67. The summed E-state index contributed by atoms with van der Waals surface area (Å²) in [6, 6.07) is 15.8. The zero-order valence-corrected chi connectivity index (χ0v) is 18.8. The minimum atomic E-state index is -3.69. The van der Waals surface area contributed by atoms with Crippen LogP contribution in [0.5, 0.6) is 0 Å². The highest BCUT2D eigenvalue weighted by Gasteiger charge is 2.40. The molecule has 2 saturated heterocycles. The molecular formula is C24H28N4O3S. The Bertz CT molecular complexity index is 1170. The summed E-state index contributed by atoms with van der Waals surface area (Å²) in [6.07, 6.45) is 3.87. The number of para-hydroxylation sites is 2. The van der Waals surface area contributed by atoms with Crippen LogP contribution in [0.1, 0.15) is 43.8 Å². The fourth-order valence-corrected chi connectivity index (χ4v) is 6.59. The molecule has 7 nitrogen and oxygen atoms in total. The maximum atomic E-state index is 13.4. The maximum Gasteiger partial charge on any atom is 0.243 e. The lowest BCUT2D eigenvalue weighted by Crippen LogP contribution is -2.54. The van der Waals surface area contributed by atoms with Gasteiger partial charge in [-0.25, -0.2) is 13.4 Å². The first-order chi connectivity index (χ1) is 15.5. The number of hydrogen-bond donors (Lipinski definition) is 1. The smallest absolute Gasteiger partial charge is 0.243 e. The summed E-state index contributed by atoms with van der Waals surface area (Å²) in [5.74, 6) is 1.19. The van der Waals surface area contributed by atoms with Gasteiger partial charge in [0.15, 0.2) is 0 Å². The summed E-state index contributed by atoms with van der Waals surface area (Å²) in [4.78, 5) is 23.7. The molecule has 1 N–H and O–H groups in total. The van der Waals surface area contributed by atoms with E-state index in [1.165, 1.54) is 4.31 Å². The van der Waals surface area contributed by atoms with E-state index < -0.39 is 16.1 Å². The number of aromatic amines is 1. The lowest BCUT2D eigenvalue weighted by Gasteiger charge is -2.39. The van der Waals surface area contributed by atoms with Crippen LogP contribution in [0.4, 0.5) is 0 Å². The van der Waals surface area contributed by atoms with Gasteiger partial charge in [0.1, 0.15) is 11.9 Å². The van der Waals surface area contributed by atoms with E-state index in [0.717, 1.165) is 42.5 Å². The maximum absolute atomic E-state index is 13.4. The number of piperidine rings is 2. The number of benzene rings is 2. The van der Waals surface area contributed by atoms with Crippen molar-refractivity contribution in [2.75, 3.05) is 19.6 Å². The number of sulfonamides is 1. The Balaban J connectivity index is 1.29. The van der Waals surface area contributed by atoms with Crippen LogP contribution in [0.15, 0.2) is 59.5 Å². The van der Waals surface area contributed by atoms with Crippen molar-refractivity contribution >= 4 is 27.0 Å². The zero-order valence-electron chi connectivity index (χ0n) is 18.0. The molecule has 2 fully saturated rings. The Morgan fingerprint density at radius 1 is 0.906 bits per heavy atom. The number of rotatable bonds is 4. The average molecular weight is 453 g/mol. The summed E-state index contributed by atoms with van der Waals surface area (Å²) in [6.45, 7) is 1.63. The van der Waals surface area contributed by atoms with Crippen molar-refractivity contribution < 1.29 is 13.2 Å². The quantitative estimate of drug-likeness (QED) is 0.656. The third kappa shape index (κ3) is 3.93. The number of carbonyl (C=O) groups is 1. The number of fused-ring (bicyclic) bond motifs is 1. The number of nitrogens with zero attached hydrogens (tertiary/aromatic N) is 3. The minimum absolute atomic E-state index is 0.0627. The van der Waals surface area contributed by atoms with Gasteiger partial charge in [-0.05, 0) is 49.9 Å². The van der Waals surface area contributed by atoms with Crippen LogP contribution in [0.25, 0.3) is 11.0 Å². The molecule has 5 rings (SSSR count). The van der Waals surface area contributed by atoms with Gasteiger partial charge in [0.25, 0.3) is 0 Å². The molecule has 32 heavy (non-hydrogen) atoms. The molecule has 3 heterocycles. The standard InChI is InChI=1S/C24H28N4O3S/c29-24(22-12-6-7-15-28(22)32(30,31)19-8-2-1-3-9-19)27-16-13-18(14-17-27)23-25-20-10-4-5-11-21(20)26-23/h1-5,8-11,18,22H,6-7,12-17H2,(H,25,26)/t22-/m1/s1. The van der Waals surface area contributed by atoms with E-state index in [2.05, 4.69) is 4.98 Å². The third-order valence-corrected chi connectivity index (χ3v) is 8.61. The van der Waals surface area contributed by atoms with E-state index in [0.29, 0.717) is 26.1 Å². The molecule has 2 aliphatic rings. The minimum Gasteiger partial charge on any atom is -0.342 e. The van der Waals surface area contributed by atoms with Crippen molar-refractivity contribution in [1.82, 2.24) is 19.2 Å². The number of imidazole rings is 1. The molecule has 0 spiro atoms. The number of amides is 1. The zero-order chi connectivity index (χ0) is 22.1. The van der Waals surface area contributed by atoms with Gasteiger partial charge < -0.3 is 9.88 Å². The molecular weight excluding hydrogens is 424 g/mol. The fourth-order valence-electron chi connectivity index (χ4n) is 4.92. The summed E-state index contributed by atoms with van der Waals surface area (Å²) in [7, 11) is -3.69. The van der Waals surface area contributed by atoms with E-state index >= 15 is 0 Å². The predicted octanol–water partition coefficient (Wildman–Crippen LogP) is 3.51. The van der Waals surface area contributed by atoms with Crippen molar-refractivity contribution in [2.45, 2.75) is 49.0 Å². The van der Waals surface area contributed by atoms with Crippen LogP contribution in [0.3, 0.4) is 0 Å². The number of H-pyrrole nitrogens is 1. The fraction of sp³-hybridized carbons (Fsp3) is 0.417. The normalized spacial score (nSPS) is 21.1. The molecule has 0 unspecified atom stereocenters. The van der Waals surface area contributed by atoms with Gasteiger partial charge in [-0.15, -0.1) is 0 Å². The van der Waals surface area contributed by atoms with E-state index in [4.69, 9.17) is 4.98 Å². The van der Waals surface area contributed by atoms with Gasteiger partial charge in [0, 0.05) is 25.6 Å². The van der Waals surface area contributed by atoms with Crippen LogP contribution in [0, 0.1) is 0 Å². The van der Waals surface area contributed by atoms with Crippen molar-refractivity contribution in [1.29, 1.82) is 0 Å². The van der Waals surface area contributed by atoms with E-state index in [9.17, 15) is 13.2 Å². The number of likely N-dealkylation sites (tertiary alicyclic amines) is 1. The topological polar surface area (TPSA) is 86.4 Å². The molecule has 0 bridgehead atoms. The SMILES string of the molecule is O=C([C@H]1CCCCN1S(=O)(=O)c1ccccc1)N1CCC(c2nc3ccccc3[nH]2)CC1. The summed E-state index contributed by atoms with van der Waals surface area (Å²) < 4.78 is 27.9. The first kappa shape index (κ1) is 21.2. The molecule has 0 aliphatic carbocycles. The first-order valence-corrected chi connectivity index (χ1v) is 12.8. The van der Waals surface area contributed by atoms with Gasteiger partial charge in [-0.1, -0.05) is 36.8 Å². The van der Waals surface area contributed by atoms with Crippen LogP contribution >= 0.6 is 0 Å². The van der Waals surface area contributed by atoms with E-state index in [1.54, 1.807) is 30.3 Å². The first-order valence-electron chi connectivity index (χ1n) is 11.3. The molecule has 1 amide bonds. The second-order valence-corrected chi connectivity index (χ2v) is 10.6. The Morgan fingerprint density at radius 3 is 2.38 bits per heavy atom. The Kier molecular flexibility index (Phi) is 5.73. The second-order valence-electron chi connectivity index (χ2n) is 8.68. The summed E-state index contributed by atoms with van der Waals surface area (Å²) >= 11 is 0. The lowest BCUT2D eigenvalue weighted by atomic mass is 9.95. The Hall–Kier alpha value is -2.71. The summed E-state index contributed by atoms with van der Waals surface area (Å²) in [5, 5.41) is 0. The monoisotopic (exact) mass is 452 g/mol. The lowest BCUT2D eigenvalue weighted by molar-refractivity contribution is -0.137. The van der Waals surface area contributed by atoms with Gasteiger partial charge in [0.05, 0.1) is 15.9 Å².